The van der Waals surface area contributed by atoms with Crippen molar-refractivity contribution in [3.05, 3.63) is 0 Å². The smallest absolute Gasteiger partial charge is 0.323 e. The molecule has 6 heteroatoms. The number of aliphatic carboxylic acids is 1. The number of likely N-dealkylation sites (N-methyl/N-ethyl adjacent to an activating group) is 1. The van der Waals surface area contributed by atoms with E-state index < -0.39 is 5.97 Å². The minimum absolute atomic E-state index is 0.239. The van der Waals surface area contributed by atoms with Gasteiger partial charge in [0.15, 0.2) is 0 Å². The number of nitrogens with one attached hydrogen (secondary N) is 1. The molecule has 2 N–H and O–H groups in total. The van der Waals surface area contributed by atoms with Gasteiger partial charge in [0.1, 0.15) is 6.54 Å². The third kappa shape index (κ3) is 5.34. The van der Waals surface area contributed by atoms with Crippen LogP contribution in [-0.2, 0) is 14.3 Å². The van der Waals surface area contributed by atoms with Gasteiger partial charge >= 0.3 is 5.97 Å². The van der Waals surface area contributed by atoms with Gasteiger partial charge in [-0.1, -0.05) is 0 Å². The van der Waals surface area contributed by atoms with Gasteiger partial charge in [-0.2, -0.15) is 0 Å². The average molecular weight is 218 g/mol. The maximum absolute atomic E-state index is 11.7. The first-order valence-electron chi connectivity index (χ1n) is 4.69. The van der Waals surface area contributed by atoms with Crippen LogP contribution in [0.1, 0.15) is 6.92 Å². The lowest BCUT2D eigenvalue weighted by Gasteiger charge is -2.23. The van der Waals surface area contributed by atoms with Crippen LogP contribution in [0.4, 0.5) is 0 Å². The molecule has 0 aliphatic carbocycles. The van der Waals surface area contributed by atoms with Crippen molar-refractivity contribution in [2.75, 3.05) is 33.9 Å². The van der Waals surface area contributed by atoms with Gasteiger partial charge in [-0.3, -0.25) is 9.59 Å². The average Bonchev–Trinajstić information content (AvgIpc) is 2.21. The Morgan fingerprint density at radius 3 is 2.53 bits per heavy atom. The Kier molecular flexibility index (Phi) is 6.64. The molecule has 0 bridgehead atoms. The topological polar surface area (TPSA) is 78.9 Å². The predicted molar refractivity (Wildman–Crippen MR) is 54.6 cm³/mol. The molecular formula is C9H18N2O4. The van der Waals surface area contributed by atoms with Gasteiger partial charge in [-0.05, 0) is 14.0 Å². The van der Waals surface area contributed by atoms with E-state index in [0.717, 1.165) is 0 Å². The molecule has 6 nitrogen and oxygen atoms in total. The highest BCUT2D eigenvalue weighted by molar-refractivity contribution is 5.85. The third-order valence-corrected chi connectivity index (χ3v) is 2.01. The lowest BCUT2D eigenvalue weighted by Crippen LogP contribution is -2.46. The summed E-state index contributed by atoms with van der Waals surface area (Å²) in [5, 5.41) is 11.4. The van der Waals surface area contributed by atoms with Crippen LogP contribution in [0, 0.1) is 0 Å². The summed E-state index contributed by atoms with van der Waals surface area (Å²) in [5.74, 6) is -1.26. The Bertz CT molecular complexity index is 220. The van der Waals surface area contributed by atoms with Crippen LogP contribution in [0.15, 0.2) is 0 Å². The quantitative estimate of drug-likeness (QED) is 0.582. The lowest BCUT2D eigenvalue weighted by atomic mass is 10.3. The van der Waals surface area contributed by atoms with Gasteiger partial charge in [-0.25, -0.2) is 0 Å². The SMILES string of the molecule is CNC(C)C(=O)N(CCOC)CC(=O)O. The number of carbonyl (C=O) groups is 2. The van der Waals surface area contributed by atoms with Crippen LogP contribution in [0.2, 0.25) is 0 Å². The molecular weight excluding hydrogens is 200 g/mol. The number of hydrogen-bond donors (Lipinski definition) is 2. The van der Waals surface area contributed by atoms with Crippen LogP contribution >= 0.6 is 0 Å². The largest absolute Gasteiger partial charge is 0.480 e. The summed E-state index contributed by atoms with van der Waals surface area (Å²) in [5.41, 5.74) is 0. The Labute approximate surface area is 89.2 Å². The van der Waals surface area contributed by atoms with Crippen molar-refractivity contribution < 1.29 is 19.4 Å². The molecule has 0 saturated carbocycles. The van der Waals surface area contributed by atoms with Crippen molar-refractivity contribution in [1.82, 2.24) is 10.2 Å². The number of ether oxygens (including phenoxy) is 1. The minimum Gasteiger partial charge on any atom is -0.480 e. The summed E-state index contributed by atoms with van der Waals surface area (Å²) in [6.45, 7) is 2.00. The van der Waals surface area contributed by atoms with Gasteiger partial charge in [0, 0.05) is 13.7 Å². The van der Waals surface area contributed by atoms with E-state index in [1.807, 2.05) is 0 Å². The van der Waals surface area contributed by atoms with Crippen LogP contribution in [0.25, 0.3) is 0 Å². The van der Waals surface area contributed by atoms with E-state index in [1.54, 1.807) is 14.0 Å². The first-order valence-corrected chi connectivity index (χ1v) is 4.69. The van der Waals surface area contributed by atoms with E-state index in [1.165, 1.54) is 12.0 Å². The number of rotatable bonds is 7. The molecule has 0 aliphatic rings. The summed E-state index contributed by atoms with van der Waals surface area (Å²) in [4.78, 5) is 23.5. The summed E-state index contributed by atoms with van der Waals surface area (Å²) in [6.07, 6.45) is 0. The molecule has 0 saturated heterocycles. The first kappa shape index (κ1) is 13.9. The van der Waals surface area contributed by atoms with E-state index in [9.17, 15) is 9.59 Å². The Morgan fingerprint density at radius 2 is 2.13 bits per heavy atom. The molecule has 1 amide bonds. The molecule has 0 aromatic heterocycles. The van der Waals surface area contributed by atoms with E-state index in [2.05, 4.69) is 5.32 Å². The fourth-order valence-corrected chi connectivity index (χ4v) is 1.03. The summed E-state index contributed by atoms with van der Waals surface area (Å²) in [6, 6.07) is -0.388. The highest BCUT2D eigenvalue weighted by atomic mass is 16.5. The van der Waals surface area contributed by atoms with E-state index in [-0.39, 0.29) is 25.0 Å². The number of nitrogens with zero attached hydrogens (tertiary/aromatic N) is 1. The zero-order valence-corrected chi connectivity index (χ0v) is 9.32. The van der Waals surface area contributed by atoms with E-state index in [4.69, 9.17) is 9.84 Å². The van der Waals surface area contributed by atoms with Gasteiger partial charge in [0.25, 0.3) is 0 Å². The first-order chi connectivity index (χ1) is 7.02. The van der Waals surface area contributed by atoms with Gasteiger partial charge in [0.2, 0.25) is 5.91 Å². The fraction of sp³-hybridized carbons (Fsp3) is 0.778. The molecule has 0 aliphatic heterocycles. The second kappa shape index (κ2) is 7.19. The normalized spacial score (nSPS) is 12.2. The highest BCUT2D eigenvalue weighted by Gasteiger charge is 2.20. The van der Waals surface area contributed by atoms with Gasteiger partial charge in [-0.15, -0.1) is 0 Å². The maximum Gasteiger partial charge on any atom is 0.323 e. The molecule has 0 rings (SSSR count). The molecule has 1 atom stereocenters. The van der Waals surface area contributed by atoms with Crippen LogP contribution in [-0.4, -0.2) is 61.8 Å². The van der Waals surface area contributed by atoms with Gasteiger partial charge in [0.05, 0.1) is 12.6 Å². The number of amides is 1. The maximum atomic E-state index is 11.7. The molecule has 0 heterocycles. The van der Waals surface area contributed by atoms with Crippen molar-refractivity contribution in [1.29, 1.82) is 0 Å². The number of carboxylic acids is 1. The zero-order valence-electron chi connectivity index (χ0n) is 9.32. The van der Waals surface area contributed by atoms with Crippen LogP contribution < -0.4 is 5.32 Å². The molecule has 0 radical (unpaired) electrons. The van der Waals surface area contributed by atoms with Crippen molar-refractivity contribution in [3.63, 3.8) is 0 Å². The zero-order chi connectivity index (χ0) is 11.8. The Balaban J connectivity index is 4.32. The summed E-state index contributed by atoms with van der Waals surface area (Å²) < 4.78 is 4.81. The molecule has 0 aromatic rings. The predicted octanol–water partition coefficient (Wildman–Crippen LogP) is -0.846. The van der Waals surface area contributed by atoms with Crippen LogP contribution in [0.5, 0.6) is 0 Å². The van der Waals surface area contributed by atoms with Crippen LogP contribution in [0.3, 0.4) is 0 Å². The van der Waals surface area contributed by atoms with Crippen molar-refractivity contribution >= 4 is 11.9 Å². The van der Waals surface area contributed by atoms with E-state index >= 15 is 0 Å². The van der Waals surface area contributed by atoms with E-state index in [0.29, 0.717) is 6.61 Å². The monoisotopic (exact) mass is 218 g/mol. The molecule has 88 valence electrons. The molecule has 0 spiro atoms. The number of carboxylic acid groups (broad SMARTS) is 1. The molecule has 1 unspecified atom stereocenters. The summed E-state index contributed by atoms with van der Waals surface area (Å²) in [7, 11) is 3.16. The second-order valence-corrected chi connectivity index (χ2v) is 3.16. The summed E-state index contributed by atoms with van der Waals surface area (Å²) >= 11 is 0. The van der Waals surface area contributed by atoms with Crippen molar-refractivity contribution in [2.24, 2.45) is 0 Å². The fourth-order valence-electron chi connectivity index (χ4n) is 1.03. The van der Waals surface area contributed by atoms with Crippen molar-refractivity contribution in [3.8, 4) is 0 Å². The lowest BCUT2D eigenvalue weighted by molar-refractivity contribution is -0.145. The van der Waals surface area contributed by atoms with Gasteiger partial charge < -0.3 is 20.1 Å². The number of hydrogen-bond acceptors (Lipinski definition) is 4. The highest BCUT2D eigenvalue weighted by Crippen LogP contribution is 1.95. The second-order valence-electron chi connectivity index (χ2n) is 3.16. The standard InChI is InChI=1S/C9H18N2O4/c1-7(10-2)9(14)11(4-5-15-3)6-8(12)13/h7,10H,4-6H2,1-3H3,(H,12,13). The number of methoxy groups -OCH3 is 1. The minimum atomic E-state index is -1.03. The molecule has 0 fully saturated rings. The molecule has 0 aromatic carbocycles. The Morgan fingerprint density at radius 1 is 1.53 bits per heavy atom. The Hall–Kier alpha value is -1.14. The molecule has 15 heavy (non-hydrogen) atoms. The van der Waals surface area contributed by atoms with Crippen molar-refractivity contribution in [2.45, 2.75) is 13.0 Å². The third-order valence-electron chi connectivity index (χ3n) is 2.01. The number of carbonyl (C=O) groups excluding carboxylic acids is 1.